The molecule has 22 heavy (non-hydrogen) atoms. The van der Waals surface area contributed by atoms with Gasteiger partial charge in [0.1, 0.15) is 6.61 Å². The minimum Gasteiger partial charge on any atom is -0.504 e. The Morgan fingerprint density at radius 1 is 1.14 bits per heavy atom. The van der Waals surface area contributed by atoms with Crippen molar-refractivity contribution in [2.45, 2.75) is 6.42 Å². The Kier molecular flexibility index (Phi) is 5.38. The van der Waals surface area contributed by atoms with Gasteiger partial charge < -0.3 is 20.3 Å². The van der Waals surface area contributed by atoms with Gasteiger partial charge in [0.2, 0.25) is 5.91 Å². The van der Waals surface area contributed by atoms with E-state index in [1.54, 1.807) is 12.1 Å². The van der Waals surface area contributed by atoms with Crippen LogP contribution in [-0.2, 0) is 11.2 Å². The molecule has 0 aromatic heterocycles. The zero-order valence-corrected chi connectivity index (χ0v) is 12.4. The van der Waals surface area contributed by atoms with E-state index < -0.39 is 6.61 Å². The summed E-state index contributed by atoms with van der Waals surface area (Å²) in [5, 5.41) is 20.8. The van der Waals surface area contributed by atoms with Crippen LogP contribution in [0, 0.1) is 0 Å². The predicted molar refractivity (Wildman–Crippen MR) is 83.9 cm³/mol. The Morgan fingerprint density at radius 2 is 1.82 bits per heavy atom. The average Bonchev–Trinajstić information content (AvgIpc) is 2.56. The summed E-state index contributed by atoms with van der Waals surface area (Å²) in [6.45, 7) is 0.00734. The first kappa shape index (κ1) is 15.9. The van der Waals surface area contributed by atoms with Crippen LogP contribution in [0.3, 0.4) is 0 Å². The number of phenols is 1. The molecule has 0 aliphatic carbocycles. The first-order chi connectivity index (χ1) is 10.6. The number of phenolic OH excluding ortho intramolecular Hbond substituents is 1. The highest BCUT2D eigenvalue weighted by Gasteiger charge is 2.05. The van der Waals surface area contributed by atoms with Crippen LogP contribution >= 0.6 is 0 Å². The number of carbonyl (C=O) groups is 1. The Hall–Kier alpha value is -2.53. The van der Waals surface area contributed by atoms with Gasteiger partial charge in [-0.3, -0.25) is 4.79 Å². The third-order valence-corrected chi connectivity index (χ3v) is 3.35. The van der Waals surface area contributed by atoms with Crippen LogP contribution in [0.1, 0.15) is 5.56 Å². The molecule has 0 heterocycles. The molecule has 0 aliphatic heterocycles. The molecule has 0 atom stereocenters. The maximum Gasteiger partial charge on any atom is 0.245 e. The molecule has 5 heteroatoms. The molecular weight excluding hydrogens is 282 g/mol. The number of aromatic hydroxyl groups is 1. The SMILES string of the molecule is COc1cc(-c2ccc(CCNC(=O)CO)cc2)ccc1O. The fraction of sp³-hybridized carbons (Fsp3) is 0.235. The summed E-state index contributed by atoms with van der Waals surface area (Å²) in [4.78, 5) is 10.9. The van der Waals surface area contributed by atoms with Crippen LogP contribution in [0.2, 0.25) is 0 Å². The van der Waals surface area contributed by atoms with E-state index in [-0.39, 0.29) is 11.7 Å². The topological polar surface area (TPSA) is 78.8 Å². The normalized spacial score (nSPS) is 10.3. The second-order valence-corrected chi connectivity index (χ2v) is 4.84. The quantitative estimate of drug-likeness (QED) is 0.759. The maximum absolute atomic E-state index is 10.9. The van der Waals surface area contributed by atoms with E-state index in [4.69, 9.17) is 9.84 Å². The van der Waals surface area contributed by atoms with Crippen molar-refractivity contribution >= 4 is 5.91 Å². The summed E-state index contributed by atoms with van der Waals surface area (Å²) < 4.78 is 5.11. The van der Waals surface area contributed by atoms with Crippen molar-refractivity contribution in [1.82, 2.24) is 5.32 Å². The molecule has 0 aliphatic rings. The minimum atomic E-state index is -0.485. The van der Waals surface area contributed by atoms with Crippen LogP contribution in [0.15, 0.2) is 42.5 Å². The van der Waals surface area contributed by atoms with Gasteiger partial charge in [0.05, 0.1) is 7.11 Å². The fourth-order valence-corrected chi connectivity index (χ4v) is 2.12. The van der Waals surface area contributed by atoms with E-state index in [9.17, 15) is 9.90 Å². The largest absolute Gasteiger partial charge is 0.504 e. The van der Waals surface area contributed by atoms with E-state index >= 15 is 0 Å². The summed E-state index contributed by atoms with van der Waals surface area (Å²) in [6.07, 6.45) is 0.699. The van der Waals surface area contributed by atoms with Crippen LogP contribution in [0.5, 0.6) is 11.5 Å². The summed E-state index contributed by atoms with van der Waals surface area (Å²) in [6, 6.07) is 13.1. The highest BCUT2D eigenvalue weighted by atomic mass is 16.5. The minimum absolute atomic E-state index is 0.113. The highest BCUT2D eigenvalue weighted by molar-refractivity contribution is 5.76. The molecule has 0 saturated carbocycles. The first-order valence-electron chi connectivity index (χ1n) is 6.98. The second-order valence-electron chi connectivity index (χ2n) is 4.84. The van der Waals surface area contributed by atoms with Crippen LogP contribution in [0.25, 0.3) is 11.1 Å². The van der Waals surface area contributed by atoms with Crippen LogP contribution in [0.4, 0.5) is 0 Å². The predicted octanol–water partition coefficient (Wildman–Crippen LogP) is 1.72. The average molecular weight is 301 g/mol. The number of ether oxygens (including phenoxy) is 1. The number of nitrogens with one attached hydrogen (secondary N) is 1. The van der Waals surface area contributed by atoms with E-state index in [0.29, 0.717) is 18.7 Å². The molecule has 2 rings (SSSR count). The molecule has 5 nitrogen and oxygen atoms in total. The monoisotopic (exact) mass is 301 g/mol. The van der Waals surface area contributed by atoms with Crippen molar-refractivity contribution in [3.63, 3.8) is 0 Å². The van der Waals surface area contributed by atoms with Crippen molar-refractivity contribution in [2.75, 3.05) is 20.3 Å². The number of carbonyl (C=O) groups excluding carboxylic acids is 1. The van der Waals surface area contributed by atoms with Crippen molar-refractivity contribution in [1.29, 1.82) is 0 Å². The van der Waals surface area contributed by atoms with E-state index in [0.717, 1.165) is 16.7 Å². The Labute approximate surface area is 129 Å². The third kappa shape index (κ3) is 3.99. The molecule has 2 aromatic rings. The number of amides is 1. The molecular formula is C17H19NO4. The van der Waals surface area contributed by atoms with Crippen molar-refractivity contribution < 1.29 is 19.7 Å². The molecule has 0 unspecified atom stereocenters. The number of hydrogen-bond donors (Lipinski definition) is 3. The number of benzene rings is 2. The standard InChI is InChI=1S/C17H19NO4/c1-22-16-10-14(6-7-15(16)20)13-4-2-12(3-5-13)8-9-18-17(21)11-19/h2-7,10,19-20H,8-9,11H2,1H3,(H,18,21). The molecule has 0 bridgehead atoms. The van der Waals surface area contributed by atoms with Gasteiger partial charge in [0.25, 0.3) is 0 Å². The van der Waals surface area contributed by atoms with Gasteiger partial charge in [0, 0.05) is 6.54 Å². The number of methoxy groups -OCH3 is 1. The van der Waals surface area contributed by atoms with Gasteiger partial charge in [-0.15, -0.1) is 0 Å². The Bertz CT molecular complexity index is 638. The van der Waals surface area contributed by atoms with Gasteiger partial charge in [-0.25, -0.2) is 0 Å². The van der Waals surface area contributed by atoms with Gasteiger partial charge in [-0.2, -0.15) is 0 Å². The van der Waals surface area contributed by atoms with Crippen LogP contribution < -0.4 is 10.1 Å². The molecule has 2 aromatic carbocycles. The second kappa shape index (κ2) is 7.47. The van der Waals surface area contributed by atoms with E-state index in [1.807, 2.05) is 30.3 Å². The Balaban J connectivity index is 2.04. The molecule has 0 radical (unpaired) electrons. The van der Waals surface area contributed by atoms with Crippen LogP contribution in [-0.4, -0.2) is 36.4 Å². The van der Waals surface area contributed by atoms with Crippen molar-refractivity contribution in [3.8, 4) is 22.6 Å². The zero-order valence-electron chi connectivity index (χ0n) is 12.4. The molecule has 0 saturated heterocycles. The van der Waals surface area contributed by atoms with E-state index in [2.05, 4.69) is 5.32 Å². The smallest absolute Gasteiger partial charge is 0.245 e. The summed E-state index contributed by atoms with van der Waals surface area (Å²) in [5.41, 5.74) is 3.06. The molecule has 0 fully saturated rings. The number of rotatable bonds is 6. The maximum atomic E-state index is 10.9. The first-order valence-corrected chi connectivity index (χ1v) is 6.98. The lowest BCUT2D eigenvalue weighted by Gasteiger charge is -2.08. The zero-order chi connectivity index (χ0) is 15.9. The lowest BCUT2D eigenvalue weighted by molar-refractivity contribution is -0.123. The van der Waals surface area contributed by atoms with Gasteiger partial charge in [0.15, 0.2) is 11.5 Å². The number of aliphatic hydroxyl groups is 1. The van der Waals surface area contributed by atoms with Gasteiger partial charge in [-0.1, -0.05) is 30.3 Å². The lowest BCUT2D eigenvalue weighted by atomic mass is 10.0. The number of aliphatic hydroxyl groups excluding tert-OH is 1. The lowest BCUT2D eigenvalue weighted by Crippen LogP contribution is -2.28. The molecule has 1 amide bonds. The molecule has 0 spiro atoms. The summed E-state index contributed by atoms with van der Waals surface area (Å²) in [5.74, 6) is 0.184. The van der Waals surface area contributed by atoms with E-state index in [1.165, 1.54) is 7.11 Å². The number of hydrogen-bond acceptors (Lipinski definition) is 4. The fourth-order valence-electron chi connectivity index (χ4n) is 2.12. The summed E-state index contributed by atoms with van der Waals surface area (Å²) in [7, 11) is 1.52. The molecule has 116 valence electrons. The Morgan fingerprint density at radius 3 is 2.45 bits per heavy atom. The van der Waals surface area contributed by atoms with Gasteiger partial charge >= 0.3 is 0 Å². The van der Waals surface area contributed by atoms with Gasteiger partial charge in [-0.05, 0) is 35.2 Å². The summed E-state index contributed by atoms with van der Waals surface area (Å²) >= 11 is 0. The van der Waals surface area contributed by atoms with Crippen molar-refractivity contribution in [3.05, 3.63) is 48.0 Å². The molecule has 3 N–H and O–H groups in total. The van der Waals surface area contributed by atoms with Crippen molar-refractivity contribution in [2.24, 2.45) is 0 Å². The highest BCUT2D eigenvalue weighted by Crippen LogP contribution is 2.31. The third-order valence-electron chi connectivity index (χ3n) is 3.35.